The van der Waals surface area contributed by atoms with Crippen molar-refractivity contribution in [3.8, 4) is 0 Å². The van der Waals surface area contributed by atoms with E-state index in [1.807, 2.05) is 30.3 Å². The van der Waals surface area contributed by atoms with Crippen LogP contribution in [0.1, 0.15) is 53.1 Å². The first-order valence-corrected chi connectivity index (χ1v) is 10.2. The first-order valence-electron chi connectivity index (χ1n) is 10.2. The smallest absolute Gasteiger partial charge is 0.311 e. The molecular weight excluding hydrogens is 424 g/mol. The maximum atomic E-state index is 13.4. The summed E-state index contributed by atoms with van der Waals surface area (Å²) in [5.74, 6) is -1.16. The summed E-state index contributed by atoms with van der Waals surface area (Å²) in [4.78, 5) is 29.5. The minimum Gasteiger partial charge on any atom is -0.311 e. The van der Waals surface area contributed by atoms with Gasteiger partial charge in [0.25, 0.3) is 5.56 Å². The molecule has 4 nitrogen and oxygen atoms in total. The standard InChI is InChI=1S/C24H20F4N2O2/c25-17-10-11-18(20(13-17)24(26,27)28)15-6-8-16(9-7-15)21-19(22(31)30-23(32)29-21)12-14-4-2-1-3-5-14/h1-6,10-11,13,16H,7-9,12H2,(H2,29,30,31,32). The van der Waals surface area contributed by atoms with Crippen molar-refractivity contribution < 1.29 is 17.6 Å². The van der Waals surface area contributed by atoms with E-state index in [1.165, 1.54) is 0 Å². The summed E-state index contributed by atoms with van der Waals surface area (Å²) in [6, 6.07) is 12.0. The number of rotatable bonds is 4. The van der Waals surface area contributed by atoms with Gasteiger partial charge in [-0.3, -0.25) is 9.78 Å². The lowest BCUT2D eigenvalue weighted by Gasteiger charge is -2.25. The number of nitrogens with one attached hydrogen (secondary N) is 2. The zero-order valence-electron chi connectivity index (χ0n) is 16.9. The Morgan fingerprint density at radius 2 is 1.75 bits per heavy atom. The second-order valence-corrected chi connectivity index (χ2v) is 7.85. The molecule has 2 aromatic carbocycles. The van der Waals surface area contributed by atoms with Crippen LogP contribution in [0.2, 0.25) is 0 Å². The highest BCUT2D eigenvalue weighted by Gasteiger charge is 2.35. The average molecular weight is 444 g/mol. The molecule has 4 rings (SSSR count). The van der Waals surface area contributed by atoms with Gasteiger partial charge in [-0.1, -0.05) is 42.5 Å². The molecule has 1 aromatic heterocycles. The molecule has 0 spiro atoms. The molecule has 1 atom stereocenters. The van der Waals surface area contributed by atoms with E-state index >= 15 is 0 Å². The molecule has 1 aliphatic rings. The van der Waals surface area contributed by atoms with Crippen LogP contribution in [-0.4, -0.2) is 9.97 Å². The van der Waals surface area contributed by atoms with Crippen molar-refractivity contribution in [3.63, 3.8) is 0 Å². The summed E-state index contributed by atoms with van der Waals surface area (Å²) < 4.78 is 53.6. The van der Waals surface area contributed by atoms with Crippen LogP contribution in [0.25, 0.3) is 5.57 Å². The Bertz CT molecular complexity index is 1270. The van der Waals surface area contributed by atoms with Gasteiger partial charge in [-0.25, -0.2) is 9.18 Å². The molecule has 0 saturated heterocycles. The summed E-state index contributed by atoms with van der Waals surface area (Å²) in [5.41, 5.74) is 0.195. The second kappa shape index (κ2) is 8.61. The predicted octanol–water partition coefficient (Wildman–Crippen LogP) is 5.16. The van der Waals surface area contributed by atoms with Crippen LogP contribution >= 0.6 is 0 Å². The van der Waals surface area contributed by atoms with Gasteiger partial charge < -0.3 is 4.98 Å². The Kier molecular flexibility index (Phi) is 5.86. The summed E-state index contributed by atoms with van der Waals surface area (Å²) in [6.45, 7) is 0. The van der Waals surface area contributed by atoms with Crippen LogP contribution in [0.5, 0.6) is 0 Å². The van der Waals surface area contributed by atoms with Gasteiger partial charge in [-0.05, 0) is 48.1 Å². The molecule has 0 fully saturated rings. The Hall–Kier alpha value is -3.42. The number of H-pyrrole nitrogens is 2. The topological polar surface area (TPSA) is 65.7 Å². The quantitative estimate of drug-likeness (QED) is 0.546. The number of aromatic amines is 2. The first kappa shape index (κ1) is 21.8. The van der Waals surface area contributed by atoms with E-state index in [2.05, 4.69) is 9.97 Å². The summed E-state index contributed by atoms with van der Waals surface area (Å²) in [5, 5.41) is 0. The van der Waals surface area contributed by atoms with E-state index in [9.17, 15) is 27.2 Å². The van der Waals surface area contributed by atoms with E-state index in [4.69, 9.17) is 0 Å². The van der Waals surface area contributed by atoms with Crippen molar-refractivity contribution in [2.45, 2.75) is 37.8 Å². The number of aromatic nitrogens is 2. The van der Waals surface area contributed by atoms with Crippen molar-refractivity contribution in [3.05, 3.63) is 109 Å². The molecular formula is C24H20F4N2O2. The molecule has 0 bridgehead atoms. The SMILES string of the molecule is O=c1[nH]c(C2CC=C(c3ccc(F)cc3C(F)(F)F)CC2)c(Cc2ccccc2)c(=O)[nH]1. The van der Waals surface area contributed by atoms with Gasteiger partial charge in [0.2, 0.25) is 0 Å². The maximum Gasteiger partial charge on any atom is 0.417 e. The van der Waals surface area contributed by atoms with E-state index in [0.29, 0.717) is 48.6 Å². The van der Waals surface area contributed by atoms with Gasteiger partial charge in [0.15, 0.2) is 0 Å². The van der Waals surface area contributed by atoms with Crippen LogP contribution in [0.3, 0.4) is 0 Å². The zero-order valence-corrected chi connectivity index (χ0v) is 16.9. The third-order valence-corrected chi connectivity index (χ3v) is 5.75. The van der Waals surface area contributed by atoms with Gasteiger partial charge in [-0.2, -0.15) is 13.2 Å². The molecule has 2 N–H and O–H groups in total. The Balaban J connectivity index is 1.67. The largest absolute Gasteiger partial charge is 0.417 e. The number of hydrogen-bond donors (Lipinski definition) is 2. The normalized spacial score (nSPS) is 16.6. The first-order chi connectivity index (χ1) is 15.2. The highest BCUT2D eigenvalue weighted by Crippen LogP contribution is 2.41. The van der Waals surface area contributed by atoms with E-state index in [1.54, 1.807) is 6.08 Å². The van der Waals surface area contributed by atoms with Crippen molar-refractivity contribution in [1.82, 2.24) is 9.97 Å². The molecule has 32 heavy (non-hydrogen) atoms. The molecule has 1 heterocycles. The highest BCUT2D eigenvalue weighted by molar-refractivity contribution is 5.69. The lowest BCUT2D eigenvalue weighted by Crippen LogP contribution is -2.30. The summed E-state index contributed by atoms with van der Waals surface area (Å²) in [7, 11) is 0. The summed E-state index contributed by atoms with van der Waals surface area (Å²) in [6.07, 6.45) is -1.56. The molecule has 3 aromatic rings. The molecule has 8 heteroatoms. The minimum absolute atomic E-state index is 0.0405. The third-order valence-electron chi connectivity index (χ3n) is 5.75. The molecule has 0 radical (unpaired) electrons. The Labute approximate surface area is 180 Å². The van der Waals surface area contributed by atoms with Gasteiger partial charge in [0.05, 0.1) is 5.56 Å². The molecule has 1 unspecified atom stereocenters. The van der Waals surface area contributed by atoms with Crippen molar-refractivity contribution in [2.75, 3.05) is 0 Å². The fourth-order valence-electron chi connectivity index (χ4n) is 4.23. The molecule has 0 aliphatic heterocycles. The van der Waals surface area contributed by atoms with Crippen LogP contribution in [0, 0.1) is 5.82 Å². The van der Waals surface area contributed by atoms with E-state index in [-0.39, 0.29) is 11.5 Å². The number of allylic oxidation sites excluding steroid dienone is 2. The maximum absolute atomic E-state index is 13.4. The van der Waals surface area contributed by atoms with Crippen molar-refractivity contribution in [1.29, 1.82) is 0 Å². The monoisotopic (exact) mass is 444 g/mol. The highest BCUT2D eigenvalue weighted by atomic mass is 19.4. The Morgan fingerprint density at radius 3 is 2.41 bits per heavy atom. The van der Waals surface area contributed by atoms with Gasteiger partial charge in [-0.15, -0.1) is 0 Å². The van der Waals surface area contributed by atoms with E-state index in [0.717, 1.165) is 17.7 Å². The number of hydrogen-bond acceptors (Lipinski definition) is 2. The van der Waals surface area contributed by atoms with Gasteiger partial charge >= 0.3 is 11.9 Å². The van der Waals surface area contributed by atoms with Gasteiger partial charge in [0, 0.05) is 23.6 Å². The van der Waals surface area contributed by atoms with Crippen LogP contribution in [0.4, 0.5) is 17.6 Å². The lowest BCUT2D eigenvalue weighted by molar-refractivity contribution is -0.138. The fourth-order valence-corrected chi connectivity index (χ4v) is 4.23. The predicted molar refractivity (Wildman–Crippen MR) is 113 cm³/mol. The van der Waals surface area contributed by atoms with Crippen LogP contribution in [0.15, 0.2) is 64.2 Å². The van der Waals surface area contributed by atoms with E-state index < -0.39 is 28.8 Å². The van der Waals surface area contributed by atoms with Crippen LogP contribution < -0.4 is 11.2 Å². The summed E-state index contributed by atoms with van der Waals surface area (Å²) >= 11 is 0. The average Bonchev–Trinajstić information content (AvgIpc) is 2.76. The number of benzene rings is 2. The zero-order chi connectivity index (χ0) is 22.9. The molecule has 0 amide bonds. The van der Waals surface area contributed by atoms with Crippen molar-refractivity contribution >= 4 is 5.57 Å². The minimum atomic E-state index is -4.67. The second-order valence-electron chi connectivity index (χ2n) is 7.85. The van der Waals surface area contributed by atoms with Gasteiger partial charge in [0.1, 0.15) is 5.82 Å². The molecule has 166 valence electrons. The number of alkyl halides is 3. The fraction of sp³-hybridized carbons (Fsp3) is 0.250. The number of halogens is 4. The lowest BCUT2D eigenvalue weighted by atomic mass is 9.82. The van der Waals surface area contributed by atoms with Crippen LogP contribution in [-0.2, 0) is 12.6 Å². The van der Waals surface area contributed by atoms with Crippen molar-refractivity contribution in [2.24, 2.45) is 0 Å². The molecule has 0 saturated carbocycles. The Morgan fingerprint density at radius 1 is 1.00 bits per heavy atom. The molecule has 1 aliphatic carbocycles. The third kappa shape index (κ3) is 4.59.